The van der Waals surface area contributed by atoms with Gasteiger partial charge in [0.2, 0.25) is 11.8 Å². The summed E-state index contributed by atoms with van der Waals surface area (Å²) in [6.07, 6.45) is 2.10. The molecule has 1 aromatic rings. The van der Waals surface area contributed by atoms with Crippen LogP contribution in [-0.2, 0) is 9.59 Å². The average molecular weight is 291 g/mol. The molecule has 0 aromatic heterocycles. The summed E-state index contributed by atoms with van der Waals surface area (Å²) in [7, 11) is 1.55. The molecule has 2 rings (SSSR count). The quantitative estimate of drug-likeness (QED) is 0.818. The van der Waals surface area contributed by atoms with Crippen LogP contribution in [0.15, 0.2) is 24.3 Å². The Morgan fingerprint density at radius 1 is 1.33 bits per heavy atom. The zero-order chi connectivity index (χ0) is 15.2. The highest BCUT2D eigenvalue weighted by molar-refractivity contribution is 5.90. The van der Waals surface area contributed by atoms with Gasteiger partial charge >= 0.3 is 0 Å². The van der Waals surface area contributed by atoms with Crippen LogP contribution in [0.25, 0.3) is 0 Å². The van der Waals surface area contributed by atoms with Gasteiger partial charge in [-0.3, -0.25) is 9.59 Å². The van der Waals surface area contributed by atoms with E-state index in [9.17, 15) is 9.59 Å². The van der Waals surface area contributed by atoms with Gasteiger partial charge in [-0.2, -0.15) is 0 Å². The molecule has 6 nitrogen and oxygen atoms in total. The summed E-state index contributed by atoms with van der Waals surface area (Å²) >= 11 is 0. The third-order valence-electron chi connectivity index (χ3n) is 3.62. The normalized spacial score (nSPS) is 15.6. The molecule has 1 aliphatic rings. The summed E-state index contributed by atoms with van der Waals surface area (Å²) in [5, 5.41) is 3.01. The van der Waals surface area contributed by atoms with E-state index in [-0.39, 0.29) is 12.3 Å². The predicted octanol–water partition coefficient (Wildman–Crippen LogP) is 0.973. The Kier molecular flexibility index (Phi) is 5.03. The van der Waals surface area contributed by atoms with Crippen molar-refractivity contribution in [1.82, 2.24) is 4.90 Å². The van der Waals surface area contributed by atoms with Gasteiger partial charge in [-0.1, -0.05) is 12.1 Å². The topological polar surface area (TPSA) is 84.7 Å². The largest absolute Gasteiger partial charge is 0.495 e. The van der Waals surface area contributed by atoms with Crippen LogP contribution in [0.5, 0.6) is 5.75 Å². The average Bonchev–Trinajstić information content (AvgIpc) is 3.01. The van der Waals surface area contributed by atoms with Crippen molar-refractivity contribution in [2.24, 2.45) is 5.73 Å². The van der Waals surface area contributed by atoms with Crippen molar-refractivity contribution in [1.29, 1.82) is 0 Å². The van der Waals surface area contributed by atoms with Crippen LogP contribution >= 0.6 is 0 Å². The first kappa shape index (κ1) is 15.2. The second kappa shape index (κ2) is 6.97. The van der Waals surface area contributed by atoms with Crippen molar-refractivity contribution >= 4 is 17.5 Å². The van der Waals surface area contributed by atoms with Gasteiger partial charge in [-0.25, -0.2) is 0 Å². The molecule has 114 valence electrons. The fraction of sp³-hybridized carbons (Fsp3) is 0.467. The molecule has 0 radical (unpaired) electrons. The van der Waals surface area contributed by atoms with Gasteiger partial charge < -0.3 is 20.7 Å². The molecule has 0 aliphatic carbocycles. The van der Waals surface area contributed by atoms with Crippen LogP contribution in [0.3, 0.4) is 0 Å². The summed E-state index contributed by atoms with van der Waals surface area (Å²) in [5.41, 5.74) is 6.06. The lowest BCUT2D eigenvalue weighted by molar-refractivity contribution is -0.132. The first-order valence-corrected chi connectivity index (χ1v) is 7.08. The minimum atomic E-state index is -0.741. The third kappa shape index (κ3) is 3.87. The number of carbonyl (C=O) groups is 2. The van der Waals surface area contributed by atoms with Crippen LogP contribution in [0, 0.1) is 0 Å². The number of benzene rings is 1. The number of rotatable bonds is 6. The van der Waals surface area contributed by atoms with Crippen LogP contribution in [0.4, 0.5) is 5.69 Å². The lowest BCUT2D eigenvalue weighted by Crippen LogP contribution is -2.41. The van der Waals surface area contributed by atoms with Crippen molar-refractivity contribution in [2.75, 3.05) is 25.5 Å². The molecule has 1 aliphatic heterocycles. The van der Waals surface area contributed by atoms with E-state index in [2.05, 4.69) is 5.32 Å². The molecule has 0 bridgehead atoms. The second-order valence-electron chi connectivity index (χ2n) is 5.09. The monoisotopic (exact) mass is 291 g/mol. The van der Waals surface area contributed by atoms with Crippen molar-refractivity contribution in [2.45, 2.75) is 25.3 Å². The Bertz CT molecular complexity index is 513. The molecule has 1 fully saturated rings. The van der Waals surface area contributed by atoms with Gasteiger partial charge in [0.25, 0.3) is 0 Å². The molecule has 21 heavy (non-hydrogen) atoms. The van der Waals surface area contributed by atoms with Gasteiger partial charge in [0.15, 0.2) is 0 Å². The SMILES string of the molecule is COc1ccccc1NC(CC(=O)N1CCCC1)C(N)=O. The summed E-state index contributed by atoms with van der Waals surface area (Å²) in [5.74, 6) is 0.0181. The van der Waals surface area contributed by atoms with E-state index >= 15 is 0 Å². The third-order valence-corrected chi connectivity index (χ3v) is 3.62. The molecule has 1 unspecified atom stereocenters. The van der Waals surface area contributed by atoms with Gasteiger partial charge in [-0.15, -0.1) is 0 Å². The molecule has 1 saturated heterocycles. The number of anilines is 1. The van der Waals surface area contributed by atoms with Gasteiger partial charge in [-0.05, 0) is 25.0 Å². The molecule has 1 atom stereocenters. The molecule has 3 N–H and O–H groups in total. The molecule has 2 amide bonds. The number of hydrogen-bond donors (Lipinski definition) is 2. The number of primary amides is 1. The second-order valence-corrected chi connectivity index (χ2v) is 5.09. The molecule has 0 spiro atoms. The predicted molar refractivity (Wildman–Crippen MR) is 80.0 cm³/mol. The van der Waals surface area contributed by atoms with Crippen molar-refractivity contribution in [3.63, 3.8) is 0 Å². The van der Waals surface area contributed by atoms with Crippen LogP contribution < -0.4 is 15.8 Å². The standard InChI is InChI=1S/C15H21N3O3/c1-21-13-7-3-2-6-11(13)17-12(15(16)20)10-14(19)18-8-4-5-9-18/h2-3,6-7,12,17H,4-5,8-10H2,1H3,(H2,16,20). The maximum absolute atomic E-state index is 12.2. The maximum atomic E-state index is 12.2. The number of methoxy groups -OCH3 is 1. The first-order chi connectivity index (χ1) is 10.1. The molecule has 0 saturated carbocycles. The lowest BCUT2D eigenvalue weighted by Gasteiger charge is -2.21. The van der Waals surface area contributed by atoms with Gasteiger partial charge in [0.1, 0.15) is 11.8 Å². The molecule has 1 aromatic carbocycles. The summed E-state index contributed by atoms with van der Waals surface area (Å²) in [6.45, 7) is 1.53. The van der Waals surface area contributed by atoms with E-state index < -0.39 is 11.9 Å². The molecule has 1 heterocycles. The highest BCUT2D eigenvalue weighted by Crippen LogP contribution is 2.24. The Hall–Kier alpha value is -2.24. The minimum Gasteiger partial charge on any atom is -0.495 e. The number of nitrogens with two attached hydrogens (primary N) is 1. The van der Waals surface area contributed by atoms with E-state index in [1.165, 1.54) is 0 Å². The Balaban J connectivity index is 2.05. The summed E-state index contributed by atoms with van der Waals surface area (Å²) < 4.78 is 5.22. The maximum Gasteiger partial charge on any atom is 0.240 e. The van der Waals surface area contributed by atoms with Crippen molar-refractivity contribution in [3.05, 3.63) is 24.3 Å². The van der Waals surface area contributed by atoms with Crippen LogP contribution in [-0.4, -0.2) is 43.0 Å². The molecule has 6 heteroatoms. The lowest BCUT2D eigenvalue weighted by atomic mass is 10.1. The van der Waals surface area contributed by atoms with E-state index in [0.717, 1.165) is 25.9 Å². The van der Waals surface area contributed by atoms with Gasteiger partial charge in [0.05, 0.1) is 19.2 Å². The Morgan fingerprint density at radius 3 is 2.62 bits per heavy atom. The molecular formula is C15H21N3O3. The van der Waals surface area contributed by atoms with E-state index in [0.29, 0.717) is 11.4 Å². The van der Waals surface area contributed by atoms with E-state index in [1.807, 2.05) is 12.1 Å². The van der Waals surface area contributed by atoms with Crippen molar-refractivity contribution < 1.29 is 14.3 Å². The Labute approximate surface area is 124 Å². The molecular weight excluding hydrogens is 270 g/mol. The number of nitrogens with one attached hydrogen (secondary N) is 1. The first-order valence-electron chi connectivity index (χ1n) is 7.08. The summed E-state index contributed by atoms with van der Waals surface area (Å²) in [4.78, 5) is 25.5. The number of hydrogen-bond acceptors (Lipinski definition) is 4. The fourth-order valence-corrected chi connectivity index (χ4v) is 2.44. The van der Waals surface area contributed by atoms with E-state index in [4.69, 9.17) is 10.5 Å². The van der Waals surface area contributed by atoms with E-state index in [1.54, 1.807) is 24.1 Å². The summed E-state index contributed by atoms with van der Waals surface area (Å²) in [6, 6.07) is 6.48. The number of amides is 2. The van der Waals surface area contributed by atoms with Crippen LogP contribution in [0.1, 0.15) is 19.3 Å². The zero-order valence-electron chi connectivity index (χ0n) is 12.2. The minimum absolute atomic E-state index is 0.0429. The van der Waals surface area contributed by atoms with Crippen molar-refractivity contribution in [3.8, 4) is 5.75 Å². The van der Waals surface area contributed by atoms with Gasteiger partial charge in [0, 0.05) is 13.1 Å². The number of carbonyl (C=O) groups excluding carboxylic acids is 2. The fourth-order valence-electron chi connectivity index (χ4n) is 2.44. The van der Waals surface area contributed by atoms with Crippen LogP contribution in [0.2, 0.25) is 0 Å². The number of likely N-dealkylation sites (tertiary alicyclic amines) is 1. The number of para-hydroxylation sites is 2. The number of ether oxygens (including phenoxy) is 1. The highest BCUT2D eigenvalue weighted by atomic mass is 16.5. The number of nitrogens with zero attached hydrogens (tertiary/aromatic N) is 1. The highest BCUT2D eigenvalue weighted by Gasteiger charge is 2.25. The zero-order valence-corrected chi connectivity index (χ0v) is 12.2. The Morgan fingerprint density at radius 2 is 2.00 bits per heavy atom. The smallest absolute Gasteiger partial charge is 0.240 e.